The Kier molecular flexibility index (Phi) is 4.69. The lowest BCUT2D eigenvalue weighted by Gasteiger charge is -2.05. The van der Waals surface area contributed by atoms with Gasteiger partial charge in [-0.05, 0) is 18.2 Å². The summed E-state index contributed by atoms with van der Waals surface area (Å²) in [7, 11) is 1.74. The van der Waals surface area contributed by atoms with Crippen LogP contribution in [-0.4, -0.2) is 27.4 Å². The molecule has 21 heavy (non-hydrogen) atoms. The highest BCUT2D eigenvalue weighted by Crippen LogP contribution is 2.13. The molecular formula is C15H14FN3O2. The van der Waals surface area contributed by atoms with Crippen molar-refractivity contribution in [2.24, 2.45) is 7.05 Å². The summed E-state index contributed by atoms with van der Waals surface area (Å²) in [5.74, 6) is 4.51. The molecule has 1 aromatic heterocycles. The first-order chi connectivity index (χ1) is 10.1. The van der Waals surface area contributed by atoms with Crippen molar-refractivity contribution in [2.45, 2.75) is 6.42 Å². The van der Waals surface area contributed by atoms with E-state index in [0.717, 1.165) is 0 Å². The van der Waals surface area contributed by atoms with Crippen molar-refractivity contribution < 1.29 is 14.3 Å². The summed E-state index contributed by atoms with van der Waals surface area (Å²) in [6, 6.07) is 3.78. The van der Waals surface area contributed by atoms with Gasteiger partial charge in [-0.1, -0.05) is 11.8 Å². The second-order valence-corrected chi connectivity index (χ2v) is 4.32. The van der Waals surface area contributed by atoms with Crippen molar-refractivity contribution >= 4 is 11.6 Å². The number of benzene rings is 1. The lowest BCUT2D eigenvalue weighted by Crippen LogP contribution is -2.13. The van der Waals surface area contributed by atoms with Crippen LogP contribution in [0.2, 0.25) is 0 Å². The van der Waals surface area contributed by atoms with E-state index in [0.29, 0.717) is 5.69 Å². The number of aliphatic hydroxyl groups is 1. The molecule has 6 heteroatoms. The van der Waals surface area contributed by atoms with Crippen LogP contribution < -0.4 is 5.32 Å². The molecule has 1 amide bonds. The highest BCUT2D eigenvalue weighted by molar-refractivity contribution is 6.05. The Balaban J connectivity index is 2.26. The van der Waals surface area contributed by atoms with Crippen molar-refractivity contribution in [3.63, 3.8) is 0 Å². The van der Waals surface area contributed by atoms with Crippen LogP contribution in [-0.2, 0) is 7.05 Å². The summed E-state index contributed by atoms with van der Waals surface area (Å²) in [5, 5.41) is 15.3. The minimum atomic E-state index is -0.471. The van der Waals surface area contributed by atoms with Gasteiger partial charge < -0.3 is 10.4 Å². The number of halogens is 1. The number of rotatable bonds is 3. The van der Waals surface area contributed by atoms with Crippen LogP contribution in [0.5, 0.6) is 0 Å². The molecule has 0 aliphatic carbocycles. The third-order valence-electron chi connectivity index (χ3n) is 2.65. The number of hydrogen-bond acceptors (Lipinski definition) is 3. The van der Waals surface area contributed by atoms with E-state index in [1.165, 1.54) is 24.4 Å². The van der Waals surface area contributed by atoms with Crippen LogP contribution in [0.1, 0.15) is 22.3 Å². The standard InChI is InChI=1S/C15H14FN3O2/c1-19-10-13(9-17-19)18-15(21)14-6-5-12(16)8-11(14)4-2-3-7-20/h5-6,8-10,20H,3,7H2,1H3,(H,18,21). The van der Waals surface area contributed by atoms with Crippen LogP contribution in [0.25, 0.3) is 0 Å². The number of aliphatic hydroxyl groups excluding tert-OH is 1. The van der Waals surface area contributed by atoms with E-state index in [2.05, 4.69) is 22.3 Å². The summed E-state index contributed by atoms with van der Waals surface area (Å²) in [6.07, 6.45) is 3.43. The molecule has 0 fully saturated rings. The number of nitrogens with zero attached hydrogens (tertiary/aromatic N) is 2. The van der Waals surface area contributed by atoms with Crippen molar-refractivity contribution in [1.82, 2.24) is 9.78 Å². The molecule has 1 aromatic carbocycles. The van der Waals surface area contributed by atoms with Gasteiger partial charge in [0.05, 0.1) is 24.1 Å². The van der Waals surface area contributed by atoms with Crippen LogP contribution in [0, 0.1) is 17.7 Å². The Bertz CT molecular complexity index is 713. The Hall–Kier alpha value is -2.65. The molecule has 1 heterocycles. The highest BCUT2D eigenvalue weighted by atomic mass is 19.1. The smallest absolute Gasteiger partial charge is 0.257 e. The van der Waals surface area contributed by atoms with Crippen LogP contribution in [0.15, 0.2) is 30.6 Å². The van der Waals surface area contributed by atoms with Crippen LogP contribution in [0.3, 0.4) is 0 Å². The number of nitrogens with one attached hydrogen (secondary N) is 1. The number of carbonyl (C=O) groups is 1. The zero-order valence-corrected chi connectivity index (χ0v) is 11.4. The average molecular weight is 287 g/mol. The monoisotopic (exact) mass is 287 g/mol. The van der Waals surface area contributed by atoms with E-state index in [-0.39, 0.29) is 24.2 Å². The molecule has 2 N–H and O–H groups in total. The second-order valence-electron chi connectivity index (χ2n) is 4.32. The van der Waals surface area contributed by atoms with Gasteiger partial charge in [0.15, 0.2) is 0 Å². The van der Waals surface area contributed by atoms with E-state index in [9.17, 15) is 9.18 Å². The van der Waals surface area contributed by atoms with Gasteiger partial charge in [-0.2, -0.15) is 5.10 Å². The maximum Gasteiger partial charge on any atom is 0.257 e. The summed E-state index contributed by atoms with van der Waals surface area (Å²) in [6.45, 7) is -0.0838. The topological polar surface area (TPSA) is 67.2 Å². The number of amides is 1. The first-order valence-corrected chi connectivity index (χ1v) is 6.29. The molecule has 0 radical (unpaired) electrons. The Morgan fingerprint density at radius 3 is 3.00 bits per heavy atom. The molecule has 0 saturated carbocycles. The summed E-state index contributed by atoms with van der Waals surface area (Å²) in [5.41, 5.74) is 1.09. The molecule has 2 rings (SSSR count). The highest BCUT2D eigenvalue weighted by Gasteiger charge is 2.12. The maximum absolute atomic E-state index is 13.3. The van der Waals surface area contributed by atoms with E-state index in [1.54, 1.807) is 17.9 Å². The molecule has 108 valence electrons. The largest absolute Gasteiger partial charge is 0.395 e. The minimum absolute atomic E-state index is 0.0838. The fourth-order valence-corrected chi connectivity index (χ4v) is 1.72. The predicted molar refractivity (Wildman–Crippen MR) is 76.1 cm³/mol. The third kappa shape index (κ3) is 3.91. The lowest BCUT2D eigenvalue weighted by atomic mass is 10.1. The average Bonchev–Trinajstić information content (AvgIpc) is 2.84. The Labute approximate surface area is 121 Å². The summed E-state index contributed by atoms with van der Waals surface area (Å²) < 4.78 is 14.8. The molecule has 0 spiro atoms. The quantitative estimate of drug-likeness (QED) is 0.842. The number of anilines is 1. The molecule has 0 saturated heterocycles. The summed E-state index contributed by atoms with van der Waals surface area (Å²) >= 11 is 0. The molecule has 0 atom stereocenters. The van der Waals surface area contributed by atoms with E-state index in [1.807, 2.05) is 0 Å². The summed E-state index contributed by atoms with van der Waals surface area (Å²) in [4.78, 5) is 12.2. The molecule has 0 unspecified atom stereocenters. The molecule has 0 aliphatic rings. The van der Waals surface area contributed by atoms with Gasteiger partial charge in [0.25, 0.3) is 5.91 Å². The zero-order chi connectivity index (χ0) is 15.2. The number of hydrogen-bond donors (Lipinski definition) is 2. The minimum Gasteiger partial charge on any atom is -0.395 e. The lowest BCUT2D eigenvalue weighted by molar-refractivity contribution is 0.102. The fraction of sp³-hybridized carbons (Fsp3) is 0.200. The SMILES string of the molecule is Cn1cc(NC(=O)c2ccc(F)cc2C#CCCO)cn1. The van der Waals surface area contributed by atoms with Gasteiger partial charge in [0.2, 0.25) is 0 Å². The van der Waals surface area contributed by atoms with Crippen molar-refractivity contribution in [2.75, 3.05) is 11.9 Å². The van der Waals surface area contributed by atoms with E-state index < -0.39 is 11.7 Å². The van der Waals surface area contributed by atoms with Crippen molar-refractivity contribution in [3.8, 4) is 11.8 Å². The fourth-order valence-electron chi connectivity index (χ4n) is 1.72. The maximum atomic E-state index is 13.3. The Morgan fingerprint density at radius 2 is 2.33 bits per heavy atom. The van der Waals surface area contributed by atoms with Gasteiger partial charge >= 0.3 is 0 Å². The zero-order valence-electron chi connectivity index (χ0n) is 11.4. The molecular weight excluding hydrogens is 273 g/mol. The molecule has 5 nitrogen and oxygen atoms in total. The molecule has 0 aliphatic heterocycles. The van der Waals surface area contributed by atoms with Gasteiger partial charge in [-0.25, -0.2) is 4.39 Å². The van der Waals surface area contributed by atoms with Gasteiger partial charge in [0.1, 0.15) is 5.82 Å². The van der Waals surface area contributed by atoms with E-state index >= 15 is 0 Å². The Morgan fingerprint density at radius 1 is 1.52 bits per heavy atom. The number of aryl methyl sites for hydroxylation is 1. The number of aromatic nitrogens is 2. The third-order valence-corrected chi connectivity index (χ3v) is 2.65. The molecule has 0 bridgehead atoms. The van der Waals surface area contributed by atoms with Gasteiger partial charge in [-0.3, -0.25) is 9.48 Å². The van der Waals surface area contributed by atoms with Crippen molar-refractivity contribution in [1.29, 1.82) is 0 Å². The van der Waals surface area contributed by atoms with Crippen LogP contribution >= 0.6 is 0 Å². The van der Waals surface area contributed by atoms with Crippen molar-refractivity contribution in [3.05, 3.63) is 47.5 Å². The van der Waals surface area contributed by atoms with Gasteiger partial charge in [-0.15, -0.1) is 0 Å². The van der Waals surface area contributed by atoms with Crippen LogP contribution in [0.4, 0.5) is 10.1 Å². The first kappa shape index (κ1) is 14.8. The normalized spacial score (nSPS) is 9.86. The first-order valence-electron chi connectivity index (χ1n) is 6.29. The van der Waals surface area contributed by atoms with E-state index in [4.69, 9.17) is 5.11 Å². The van der Waals surface area contributed by atoms with Gasteiger partial charge in [0, 0.05) is 25.2 Å². The molecule has 2 aromatic rings. The predicted octanol–water partition coefficient (Wildman–Crippen LogP) is 1.55. The number of carbonyl (C=O) groups excluding carboxylic acids is 1. The second kappa shape index (κ2) is 6.68.